The van der Waals surface area contributed by atoms with Gasteiger partial charge >= 0.3 is 21.1 Å². The normalized spacial score (nSPS) is 10.3. The third-order valence-electron chi connectivity index (χ3n) is 4.72. The maximum atomic E-state index is 4.87. The van der Waals surface area contributed by atoms with Crippen LogP contribution < -0.4 is 4.90 Å². The van der Waals surface area contributed by atoms with Crippen LogP contribution in [-0.2, 0) is 21.1 Å². The molecule has 0 bridgehead atoms. The Bertz CT molecular complexity index is 1240. The van der Waals surface area contributed by atoms with Crippen molar-refractivity contribution in [1.29, 1.82) is 0 Å². The average molecular weight is 582 g/mol. The summed E-state index contributed by atoms with van der Waals surface area (Å²) >= 11 is 0. The Morgan fingerprint density at radius 1 is 0.742 bits per heavy atom. The molecule has 5 heteroatoms. The van der Waals surface area contributed by atoms with E-state index in [4.69, 9.17) is 4.98 Å². The summed E-state index contributed by atoms with van der Waals surface area (Å²) in [6.45, 7) is 0. The summed E-state index contributed by atoms with van der Waals surface area (Å²) < 4.78 is 1.76. The standard InChI is InChI=1S/C26H18N4.Pt/c1-3-10-21(11-4-1)22-12-7-15-24(20-22)30(23-13-5-2-6-14-23)26-17-8-16-25(28-26)29-19-9-18-27-29;/h1-10,12-19H;/q-2;+2. The van der Waals surface area contributed by atoms with Crippen molar-refractivity contribution in [3.63, 3.8) is 0 Å². The van der Waals surface area contributed by atoms with E-state index in [0.29, 0.717) is 0 Å². The number of rotatable bonds is 5. The van der Waals surface area contributed by atoms with E-state index in [0.717, 1.165) is 34.1 Å². The van der Waals surface area contributed by atoms with Crippen molar-refractivity contribution in [2.24, 2.45) is 0 Å². The summed E-state index contributed by atoms with van der Waals surface area (Å²) in [4.78, 5) is 6.97. The second-order valence-corrected chi connectivity index (χ2v) is 6.70. The number of para-hydroxylation sites is 1. The minimum Gasteiger partial charge on any atom is -0.314 e. The Morgan fingerprint density at radius 3 is 2.32 bits per heavy atom. The van der Waals surface area contributed by atoms with E-state index in [1.54, 1.807) is 10.9 Å². The number of hydrogen-bond acceptors (Lipinski definition) is 3. The molecule has 0 saturated heterocycles. The monoisotopic (exact) mass is 581 g/mol. The first-order valence-corrected chi connectivity index (χ1v) is 9.70. The third kappa shape index (κ3) is 4.50. The molecule has 5 rings (SSSR count). The van der Waals surface area contributed by atoms with Gasteiger partial charge in [0.15, 0.2) is 5.82 Å². The molecule has 0 spiro atoms. The van der Waals surface area contributed by atoms with Crippen LogP contribution in [0.25, 0.3) is 16.9 Å². The van der Waals surface area contributed by atoms with Gasteiger partial charge in [0, 0.05) is 18.1 Å². The molecule has 0 radical (unpaired) electrons. The molecular formula is C26H18N4Pt. The molecule has 0 fully saturated rings. The number of benzene rings is 3. The molecule has 0 aliphatic heterocycles. The van der Waals surface area contributed by atoms with Crippen LogP contribution in [0.4, 0.5) is 17.2 Å². The molecule has 31 heavy (non-hydrogen) atoms. The Hall–Kier alpha value is -3.49. The van der Waals surface area contributed by atoms with Crippen molar-refractivity contribution in [1.82, 2.24) is 14.8 Å². The first-order valence-electron chi connectivity index (χ1n) is 9.70. The predicted molar refractivity (Wildman–Crippen MR) is 119 cm³/mol. The van der Waals surface area contributed by atoms with Crippen LogP contribution in [-0.4, -0.2) is 14.8 Å². The van der Waals surface area contributed by atoms with Crippen molar-refractivity contribution in [3.05, 3.63) is 122 Å². The molecule has 0 aliphatic carbocycles. The first kappa shape index (κ1) is 20.8. The summed E-state index contributed by atoms with van der Waals surface area (Å²) in [6, 6.07) is 38.9. The molecule has 3 aromatic carbocycles. The van der Waals surface area contributed by atoms with Crippen molar-refractivity contribution >= 4 is 17.2 Å². The van der Waals surface area contributed by atoms with Crippen molar-refractivity contribution in [2.45, 2.75) is 0 Å². The van der Waals surface area contributed by atoms with E-state index < -0.39 is 0 Å². The third-order valence-corrected chi connectivity index (χ3v) is 4.72. The van der Waals surface area contributed by atoms with Gasteiger partial charge < -0.3 is 4.90 Å². The summed E-state index contributed by atoms with van der Waals surface area (Å²) in [7, 11) is 0. The second-order valence-electron chi connectivity index (χ2n) is 6.70. The Kier molecular flexibility index (Phi) is 6.39. The summed E-state index contributed by atoms with van der Waals surface area (Å²) in [5, 5.41) is 4.31. The Labute approximate surface area is 196 Å². The van der Waals surface area contributed by atoms with Crippen LogP contribution in [0.5, 0.6) is 0 Å². The van der Waals surface area contributed by atoms with Gasteiger partial charge in [-0.15, -0.1) is 12.1 Å². The van der Waals surface area contributed by atoms with Gasteiger partial charge in [-0.2, -0.15) is 47.6 Å². The van der Waals surface area contributed by atoms with Gasteiger partial charge in [-0.1, -0.05) is 24.3 Å². The Morgan fingerprint density at radius 2 is 1.55 bits per heavy atom. The van der Waals surface area contributed by atoms with E-state index in [9.17, 15) is 0 Å². The minimum absolute atomic E-state index is 0. The molecular weight excluding hydrogens is 563 g/mol. The molecule has 2 aromatic heterocycles. The zero-order chi connectivity index (χ0) is 20.2. The van der Waals surface area contributed by atoms with E-state index in [2.05, 4.69) is 34.3 Å². The molecule has 4 nitrogen and oxygen atoms in total. The van der Waals surface area contributed by atoms with Crippen LogP contribution in [0, 0.1) is 12.1 Å². The van der Waals surface area contributed by atoms with Crippen LogP contribution in [0.15, 0.2) is 109 Å². The van der Waals surface area contributed by atoms with Crippen LogP contribution >= 0.6 is 0 Å². The molecule has 0 aliphatic rings. The molecule has 0 atom stereocenters. The molecule has 0 unspecified atom stereocenters. The van der Waals surface area contributed by atoms with Gasteiger partial charge in [0.2, 0.25) is 0 Å². The second kappa shape index (κ2) is 9.55. The van der Waals surface area contributed by atoms with Crippen LogP contribution in [0.1, 0.15) is 0 Å². The fourth-order valence-corrected chi connectivity index (χ4v) is 3.35. The fourth-order valence-electron chi connectivity index (χ4n) is 3.35. The number of hydrogen-bond donors (Lipinski definition) is 0. The number of pyridine rings is 1. The minimum atomic E-state index is 0. The van der Waals surface area contributed by atoms with Gasteiger partial charge in [0.1, 0.15) is 5.82 Å². The topological polar surface area (TPSA) is 34.0 Å². The first-order chi connectivity index (χ1) is 14.9. The SMILES string of the molecule is [Pt+2].[c-]1ccccc1-c1[c-]c(N(c2ccccc2)c2cccc(-n3cccn3)n2)ccc1. The largest absolute Gasteiger partial charge is 2.00 e. The van der Waals surface area contributed by atoms with Gasteiger partial charge in [-0.05, 0) is 36.0 Å². The summed E-state index contributed by atoms with van der Waals surface area (Å²) in [5.74, 6) is 1.55. The predicted octanol–water partition coefficient (Wildman–Crippen LogP) is 6.00. The molecule has 0 N–H and O–H groups in total. The van der Waals surface area contributed by atoms with Gasteiger partial charge in [0.25, 0.3) is 0 Å². The fraction of sp³-hybridized carbons (Fsp3) is 0. The van der Waals surface area contributed by atoms with Crippen LogP contribution in [0.2, 0.25) is 0 Å². The quantitative estimate of drug-likeness (QED) is 0.239. The van der Waals surface area contributed by atoms with Crippen molar-refractivity contribution in [2.75, 3.05) is 4.90 Å². The summed E-state index contributed by atoms with van der Waals surface area (Å²) in [5.41, 5.74) is 3.90. The maximum Gasteiger partial charge on any atom is 2.00 e. The van der Waals surface area contributed by atoms with Crippen LogP contribution in [0.3, 0.4) is 0 Å². The number of aromatic nitrogens is 3. The van der Waals surface area contributed by atoms with Crippen molar-refractivity contribution in [3.8, 4) is 16.9 Å². The average Bonchev–Trinajstić information content (AvgIpc) is 3.36. The van der Waals surface area contributed by atoms with E-state index in [1.165, 1.54) is 0 Å². The number of nitrogens with zero attached hydrogens (tertiary/aromatic N) is 4. The van der Waals surface area contributed by atoms with Gasteiger partial charge in [-0.25, -0.2) is 20.8 Å². The molecule has 0 amide bonds. The maximum absolute atomic E-state index is 4.87. The van der Waals surface area contributed by atoms with Crippen molar-refractivity contribution < 1.29 is 21.1 Å². The molecule has 152 valence electrons. The molecule has 2 heterocycles. The van der Waals surface area contributed by atoms with E-state index in [1.807, 2.05) is 91.1 Å². The Balaban J connectivity index is 0.00000231. The van der Waals surface area contributed by atoms with E-state index >= 15 is 0 Å². The van der Waals surface area contributed by atoms with E-state index in [-0.39, 0.29) is 21.1 Å². The molecule has 5 aromatic rings. The zero-order valence-electron chi connectivity index (χ0n) is 16.5. The molecule has 0 saturated carbocycles. The smallest absolute Gasteiger partial charge is 0.314 e. The zero-order valence-corrected chi connectivity index (χ0v) is 18.8. The van der Waals surface area contributed by atoms with Gasteiger partial charge in [0.05, 0.1) is 0 Å². The summed E-state index contributed by atoms with van der Waals surface area (Å²) in [6.07, 6.45) is 3.63. The number of anilines is 3. The van der Waals surface area contributed by atoms with Gasteiger partial charge in [-0.3, -0.25) is 0 Å².